The molecule has 1 aliphatic carbocycles. The van der Waals surface area contributed by atoms with Crippen molar-refractivity contribution in [2.45, 2.75) is 50.7 Å². The molecule has 0 radical (unpaired) electrons. The molecule has 0 aromatic carbocycles. The van der Waals surface area contributed by atoms with Gasteiger partial charge in [0, 0.05) is 19.8 Å². The van der Waals surface area contributed by atoms with E-state index < -0.39 is 0 Å². The zero-order valence-corrected chi connectivity index (χ0v) is 10.6. The Bertz CT molecular complexity index is 204. The maximum Gasteiger partial charge on any atom is 0.0693 e. The minimum Gasteiger partial charge on any atom is -0.381 e. The second-order valence-corrected chi connectivity index (χ2v) is 5.23. The van der Waals surface area contributed by atoms with Crippen molar-refractivity contribution in [3.8, 4) is 0 Å². The van der Waals surface area contributed by atoms with Gasteiger partial charge in [-0.1, -0.05) is 6.92 Å². The van der Waals surface area contributed by atoms with Crippen LogP contribution in [0.25, 0.3) is 0 Å². The van der Waals surface area contributed by atoms with E-state index in [9.17, 15) is 0 Å². The standard InChI is InChI=1S/C13H25NO2/c1-3-14-12(11-5-8-16-10-11)9-13(15-2)6-4-7-13/h11-12,14H,3-10H2,1-2H3. The molecule has 1 heterocycles. The summed E-state index contributed by atoms with van der Waals surface area (Å²) in [5.74, 6) is 0.688. The molecule has 2 rings (SSSR count). The lowest BCUT2D eigenvalue weighted by Crippen LogP contribution is -2.48. The Labute approximate surface area is 98.9 Å². The normalized spacial score (nSPS) is 30.0. The topological polar surface area (TPSA) is 30.5 Å². The molecule has 2 aliphatic rings. The molecular weight excluding hydrogens is 202 g/mol. The van der Waals surface area contributed by atoms with Crippen molar-refractivity contribution >= 4 is 0 Å². The van der Waals surface area contributed by atoms with Crippen molar-refractivity contribution in [1.82, 2.24) is 5.32 Å². The van der Waals surface area contributed by atoms with Gasteiger partial charge in [-0.3, -0.25) is 0 Å². The van der Waals surface area contributed by atoms with Gasteiger partial charge in [0.15, 0.2) is 0 Å². The Morgan fingerprint density at radius 1 is 1.50 bits per heavy atom. The highest BCUT2D eigenvalue weighted by Gasteiger charge is 2.41. The zero-order chi connectivity index (χ0) is 11.4. The molecule has 1 saturated heterocycles. The van der Waals surface area contributed by atoms with Crippen molar-refractivity contribution < 1.29 is 9.47 Å². The number of methoxy groups -OCH3 is 1. The van der Waals surface area contributed by atoms with Gasteiger partial charge in [0.1, 0.15) is 0 Å². The van der Waals surface area contributed by atoms with E-state index in [0.29, 0.717) is 12.0 Å². The first kappa shape index (κ1) is 12.3. The highest BCUT2D eigenvalue weighted by atomic mass is 16.5. The fourth-order valence-corrected chi connectivity index (χ4v) is 3.00. The Balaban J connectivity index is 1.90. The summed E-state index contributed by atoms with van der Waals surface area (Å²) in [4.78, 5) is 0. The van der Waals surface area contributed by atoms with Crippen LogP contribution in [0.1, 0.15) is 39.0 Å². The second-order valence-electron chi connectivity index (χ2n) is 5.23. The zero-order valence-electron chi connectivity index (χ0n) is 10.6. The first-order valence-electron chi connectivity index (χ1n) is 6.66. The fraction of sp³-hybridized carbons (Fsp3) is 1.00. The molecule has 0 bridgehead atoms. The van der Waals surface area contributed by atoms with Crippen molar-refractivity contribution in [3.05, 3.63) is 0 Å². The van der Waals surface area contributed by atoms with Crippen molar-refractivity contribution in [3.63, 3.8) is 0 Å². The highest BCUT2D eigenvalue weighted by Crippen LogP contribution is 2.40. The molecule has 0 spiro atoms. The lowest BCUT2D eigenvalue weighted by Gasteiger charge is -2.44. The minimum atomic E-state index is 0.176. The van der Waals surface area contributed by atoms with Crippen LogP contribution < -0.4 is 5.32 Å². The van der Waals surface area contributed by atoms with Gasteiger partial charge in [-0.25, -0.2) is 0 Å². The molecule has 1 aliphatic heterocycles. The molecule has 0 aromatic heterocycles. The van der Waals surface area contributed by atoms with Gasteiger partial charge >= 0.3 is 0 Å². The molecular formula is C13H25NO2. The first-order valence-corrected chi connectivity index (χ1v) is 6.66. The van der Waals surface area contributed by atoms with Crippen LogP contribution in [0.3, 0.4) is 0 Å². The van der Waals surface area contributed by atoms with Crippen LogP contribution in [0.5, 0.6) is 0 Å². The summed E-state index contributed by atoms with van der Waals surface area (Å²) >= 11 is 0. The third kappa shape index (κ3) is 2.58. The van der Waals surface area contributed by atoms with Gasteiger partial charge in [0.2, 0.25) is 0 Å². The van der Waals surface area contributed by atoms with Crippen LogP contribution in [0.4, 0.5) is 0 Å². The largest absolute Gasteiger partial charge is 0.381 e. The lowest BCUT2D eigenvalue weighted by molar-refractivity contribution is -0.0869. The van der Waals surface area contributed by atoms with Gasteiger partial charge in [0.25, 0.3) is 0 Å². The summed E-state index contributed by atoms with van der Waals surface area (Å²) in [7, 11) is 1.87. The number of ether oxygens (including phenoxy) is 2. The third-order valence-electron chi connectivity index (χ3n) is 4.29. The van der Waals surface area contributed by atoms with Crippen molar-refractivity contribution in [1.29, 1.82) is 0 Å². The van der Waals surface area contributed by atoms with Crippen LogP contribution in [-0.4, -0.2) is 38.5 Å². The molecule has 0 aromatic rings. The van der Waals surface area contributed by atoms with Gasteiger partial charge in [-0.2, -0.15) is 0 Å². The monoisotopic (exact) mass is 227 g/mol. The molecule has 0 amide bonds. The Morgan fingerprint density at radius 3 is 2.75 bits per heavy atom. The molecule has 3 nitrogen and oxygen atoms in total. The first-order chi connectivity index (χ1) is 7.79. The molecule has 94 valence electrons. The number of hydrogen-bond acceptors (Lipinski definition) is 3. The lowest BCUT2D eigenvalue weighted by atomic mass is 9.73. The maximum atomic E-state index is 5.73. The van der Waals surface area contributed by atoms with E-state index in [2.05, 4.69) is 12.2 Å². The van der Waals surface area contributed by atoms with E-state index in [1.165, 1.54) is 25.7 Å². The van der Waals surface area contributed by atoms with Crippen molar-refractivity contribution in [2.24, 2.45) is 5.92 Å². The molecule has 16 heavy (non-hydrogen) atoms. The van der Waals surface area contributed by atoms with E-state index in [1.54, 1.807) is 0 Å². The van der Waals surface area contributed by atoms with Crippen LogP contribution >= 0.6 is 0 Å². The predicted molar refractivity (Wildman–Crippen MR) is 64.6 cm³/mol. The van der Waals surface area contributed by atoms with Crippen molar-refractivity contribution in [2.75, 3.05) is 26.9 Å². The van der Waals surface area contributed by atoms with E-state index in [4.69, 9.17) is 9.47 Å². The number of rotatable bonds is 6. The summed E-state index contributed by atoms with van der Waals surface area (Å²) in [5, 5.41) is 3.62. The molecule has 2 fully saturated rings. The SMILES string of the molecule is CCNC(CC1(OC)CCC1)C1CCOC1. The van der Waals surface area contributed by atoms with Gasteiger partial charge in [0.05, 0.1) is 12.2 Å². The van der Waals surface area contributed by atoms with Crippen LogP contribution in [-0.2, 0) is 9.47 Å². The summed E-state index contributed by atoms with van der Waals surface area (Å²) in [6.07, 6.45) is 6.16. The van der Waals surface area contributed by atoms with E-state index in [1.807, 2.05) is 7.11 Å². The number of nitrogens with one attached hydrogen (secondary N) is 1. The second kappa shape index (κ2) is 5.48. The van der Waals surface area contributed by atoms with Gasteiger partial charge < -0.3 is 14.8 Å². The van der Waals surface area contributed by atoms with Gasteiger partial charge in [-0.15, -0.1) is 0 Å². The molecule has 1 saturated carbocycles. The smallest absolute Gasteiger partial charge is 0.0693 e. The summed E-state index contributed by atoms with van der Waals surface area (Å²) in [6, 6.07) is 0.577. The van der Waals surface area contributed by atoms with Crippen LogP contribution in [0.15, 0.2) is 0 Å². The summed E-state index contributed by atoms with van der Waals surface area (Å²) < 4.78 is 11.2. The number of hydrogen-bond donors (Lipinski definition) is 1. The van der Waals surface area contributed by atoms with E-state index >= 15 is 0 Å². The average Bonchev–Trinajstić information content (AvgIpc) is 2.75. The molecule has 3 heteroatoms. The van der Waals surface area contributed by atoms with Crippen LogP contribution in [0, 0.1) is 5.92 Å². The van der Waals surface area contributed by atoms with Gasteiger partial charge in [-0.05, 0) is 44.6 Å². The summed E-state index contributed by atoms with van der Waals surface area (Å²) in [6.45, 7) is 5.09. The highest BCUT2D eigenvalue weighted by molar-refractivity contribution is 4.95. The Kier molecular flexibility index (Phi) is 4.22. The molecule has 1 N–H and O–H groups in total. The quantitative estimate of drug-likeness (QED) is 0.752. The van der Waals surface area contributed by atoms with Crippen LogP contribution in [0.2, 0.25) is 0 Å². The van der Waals surface area contributed by atoms with E-state index in [0.717, 1.165) is 26.2 Å². The third-order valence-corrected chi connectivity index (χ3v) is 4.29. The Hall–Kier alpha value is -0.120. The fourth-order valence-electron chi connectivity index (χ4n) is 3.00. The predicted octanol–water partition coefficient (Wildman–Crippen LogP) is 1.96. The summed E-state index contributed by atoms with van der Waals surface area (Å²) in [5.41, 5.74) is 0.176. The Morgan fingerprint density at radius 2 is 2.31 bits per heavy atom. The molecule has 2 atom stereocenters. The maximum absolute atomic E-state index is 5.73. The minimum absolute atomic E-state index is 0.176. The van der Waals surface area contributed by atoms with E-state index in [-0.39, 0.29) is 5.60 Å². The average molecular weight is 227 g/mol. The molecule has 2 unspecified atom stereocenters.